The van der Waals surface area contributed by atoms with Gasteiger partial charge in [-0.15, -0.1) is 0 Å². The van der Waals surface area contributed by atoms with Crippen LogP contribution in [-0.2, 0) is 4.79 Å². The minimum absolute atomic E-state index is 0.00525. The average molecular weight is 430 g/mol. The molecular weight excluding hydrogens is 413 g/mol. The van der Waals surface area contributed by atoms with E-state index < -0.39 is 0 Å². The summed E-state index contributed by atoms with van der Waals surface area (Å²) in [7, 11) is 0. The molecule has 4 rings (SSSR count). The van der Waals surface area contributed by atoms with Crippen molar-refractivity contribution in [1.29, 1.82) is 5.26 Å². The van der Waals surface area contributed by atoms with Crippen LogP contribution in [-0.4, -0.2) is 23.4 Å². The third-order valence-electron chi connectivity index (χ3n) is 5.09. The van der Waals surface area contributed by atoms with Gasteiger partial charge in [0.25, 0.3) is 0 Å². The van der Waals surface area contributed by atoms with Gasteiger partial charge in [0.05, 0.1) is 29.2 Å². The van der Waals surface area contributed by atoms with Crippen LogP contribution in [0.2, 0.25) is 10.0 Å². The number of benzene rings is 2. The monoisotopic (exact) mass is 429 g/mol. The molecule has 0 radical (unpaired) electrons. The summed E-state index contributed by atoms with van der Waals surface area (Å²) in [4.78, 5) is 16.7. The van der Waals surface area contributed by atoms with Gasteiger partial charge in [0.15, 0.2) is 0 Å². The zero-order chi connectivity index (χ0) is 19.8. The number of halogens is 2. The zero-order valence-corrected chi connectivity index (χ0v) is 17.5. The Bertz CT molecular complexity index is 1030. The van der Waals surface area contributed by atoms with Crippen LogP contribution in [0.25, 0.3) is 0 Å². The lowest BCUT2D eigenvalue weighted by Gasteiger charge is -2.42. The second-order valence-corrected chi connectivity index (χ2v) is 8.57. The first-order chi connectivity index (χ1) is 13.5. The molecule has 0 bridgehead atoms. The van der Waals surface area contributed by atoms with Gasteiger partial charge in [0.1, 0.15) is 0 Å². The molecule has 2 aliphatic heterocycles. The smallest absolute Gasteiger partial charge is 0.229 e. The topological polar surface area (TPSA) is 47.3 Å². The summed E-state index contributed by atoms with van der Waals surface area (Å²) >= 11 is 14.1. The van der Waals surface area contributed by atoms with Crippen LogP contribution in [0.15, 0.2) is 53.1 Å². The van der Waals surface area contributed by atoms with Gasteiger partial charge in [-0.2, -0.15) is 5.26 Å². The van der Waals surface area contributed by atoms with Gasteiger partial charge < -0.3 is 4.90 Å². The maximum Gasteiger partial charge on any atom is 0.229 e. The predicted octanol–water partition coefficient (Wildman–Crippen LogP) is 5.52. The molecule has 7 heteroatoms. The van der Waals surface area contributed by atoms with Crippen molar-refractivity contribution in [3.63, 3.8) is 0 Å². The lowest BCUT2D eigenvalue weighted by molar-refractivity contribution is -0.129. The molecule has 0 aromatic heterocycles. The molecule has 0 unspecified atom stereocenters. The van der Waals surface area contributed by atoms with Crippen LogP contribution in [0.1, 0.15) is 23.5 Å². The fraction of sp³-hybridized carbons (Fsp3) is 0.238. The van der Waals surface area contributed by atoms with Gasteiger partial charge in [0, 0.05) is 28.1 Å². The van der Waals surface area contributed by atoms with Crippen LogP contribution in [0.4, 0.5) is 5.69 Å². The largest absolute Gasteiger partial charge is 0.344 e. The normalized spacial score (nSPS) is 19.5. The number of allylic oxidation sites excluding steroid dienone is 1. The number of nitrogens with zero attached hydrogens (tertiary/aromatic N) is 3. The maximum absolute atomic E-state index is 13.0. The Labute approximate surface area is 178 Å². The van der Waals surface area contributed by atoms with E-state index in [1.165, 1.54) is 11.8 Å². The van der Waals surface area contributed by atoms with Gasteiger partial charge >= 0.3 is 0 Å². The number of amides is 1. The van der Waals surface area contributed by atoms with Crippen molar-refractivity contribution in [2.75, 3.05) is 17.4 Å². The van der Waals surface area contributed by atoms with E-state index in [1.54, 1.807) is 11.0 Å². The first kappa shape index (κ1) is 19.2. The number of hydrogen-bond donors (Lipinski definition) is 0. The minimum atomic E-state index is -0.301. The fourth-order valence-electron chi connectivity index (χ4n) is 3.53. The van der Waals surface area contributed by atoms with Crippen molar-refractivity contribution in [3.8, 4) is 6.07 Å². The molecule has 2 aromatic rings. The number of carbonyl (C=O) groups is 1. The van der Waals surface area contributed by atoms with Crippen molar-refractivity contribution in [2.45, 2.75) is 19.3 Å². The standard InChI is InChI=1S/C21H17Cl2N3OS/c1-13-6-7-14(8-19(13)23)25-11-26-20(27)9-16(15-4-2-3-5-18(15)22)17(10-24)21(26)28-12-25/h2-8,16H,9,11-12H2,1H3/t16-/m0/s1. The van der Waals surface area contributed by atoms with Gasteiger partial charge in [-0.25, -0.2) is 0 Å². The second-order valence-electron chi connectivity index (χ2n) is 6.82. The third-order valence-corrected chi connectivity index (χ3v) is 7.00. The minimum Gasteiger partial charge on any atom is -0.344 e. The van der Waals surface area contributed by atoms with Gasteiger partial charge in [-0.05, 0) is 36.2 Å². The van der Waals surface area contributed by atoms with Crippen LogP contribution in [0.5, 0.6) is 0 Å². The van der Waals surface area contributed by atoms with Crippen LogP contribution >= 0.6 is 35.0 Å². The van der Waals surface area contributed by atoms with Crippen molar-refractivity contribution in [1.82, 2.24) is 4.90 Å². The summed E-state index contributed by atoms with van der Waals surface area (Å²) in [6, 6.07) is 15.6. The highest BCUT2D eigenvalue weighted by molar-refractivity contribution is 8.03. The third kappa shape index (κ3) is 3.37. The van der Waals surface area contributed by atoms with E-state index >= 15 is 0 Å². The number of aryl methyl sites for hydroxylation is 1. The first-order valence-electron chi connectivity index (χ1n) is 8.82. The van der Waals surface area contributed by atoms with Gasteiger partial charge in [0.2, 0.25) is 5.91 Å². The summed E-state index contributed by atoms with van der Waals surface area (Å²) in [5, 5.41) is 11.9. The quantitative estimate of drug-likeness (QED) is 0.630. The number of nitriles is 1. The Morgan fingerprint density at radius 1 is 1.18 bits per heavy atom. The van der Waals surface area contributed by atoms with E-state index in [9.17, 15) is 10.1 Å². The van der Waals surface area contributed by atoms with Crippen molar-refractivity contribution >= 4 is 46.6 Å². The Hall–Kier alpha value is -2.13. The summed E-state index contributed by atoms with van der Waals surface area (Å²) in [6.45, 7) is 2.36. The summed E-state index contributed by atoms with van der Waals surface area (Å²) in [5.41, 5.74) is 3.41. The molecule has 0 saturated carbocycles. The molecule has 0 N–H and O–H groups in total. The highest BCUT2D eigenvalue weighted by Crippen LogP contribution is 2.44. The Kier molecular flexibility index (Phi) is 5.29. The molecule has 2 aliphatic rings. The number of anilines is 1. The molecule has 142 valence electrons. The van der Waals surface area contributed by atoms with Crippen LogP contribution < -0.4 is 4.90 Å². The van der Waals surface area contributed by atoms with Crippen molar-refractivity contribution in [2.24, 2.45) is 0 Å². The first-order valence-corrected chi connectivity index (χ1v) is 10.6. The molecule has 1 atom stereocenters. The molecule has 1 saturated heterocycles. The molecule has 2 heterocycles. The SMILES string of the molecule is Cc1ccc(N2CSC3=C(C#N)[C@H](c4ccccc4Cl)CC(=O)N3C2)cc1Cl. The second kappa shape index (κ2) is 7.71. The maximum atomic E-state index is 13.0. The van der Waals surface area contributed by atoms with Crippen molar-refractivity contribution < 1.29 is 4.79 Å². The van der Waals surface area contributed by atoms with Crippen LogP contribution in [0.3, 0.4) is 0 Å². The highest BCUT2D eigenvalue weighted by Gasteiger charge is 2.38. The number of rotatable bonds is 2. The fourth-order valence-corrected chi connectivity index (χ4v) is 5.14. The average Bonchev–Trinajstić information content (AvgIpc) is 2.70. The van der Waals surface area contributed by atoms with Gasteiger partial charge in [-0.1, -0.05) is 59.2 Å². The highest BCUT2D eigenvalue weighted by atomic mass is 35.5. The molecule has 28 heavy (non-hydrogen) atoms. The summed E-state index contributed by atoms with van der Waals surface area (Å²) in [5.74, 6) is 0.332. The van der Waals surface area contributed by atoms with Crippen LogP contribution in [0, 0.1) is 18.3 Å². The number of hydrogen-bond acceptors (Lipinski definition) is 4. The van der Waals surface area contributed by atoms with E-state index in [0.717, 1.165) is 21.8 Å². The zero-order valence-electron chi connectivity index (χ0n) is 15.2. The molecule has 1 fully saturated rings. The summed E-state index contributed by atoms with van der Waals surface area (Å²) in [6.07, 6.45) is 0.235. The number of fused-ring (bicyclic) bond motifs is 1. The van der Waals surface area contributed by atoms with E-state index in [1.807, 2.05) is 43.3 Å². The predicted molar refractivity (Wildman–Crippen MR) is 114 cm³/mol. The summed E-state index contributed by atoms with van der Waals surface area (Å²) < 4.78 is 0. The lowest BCUT2D eigenvalue weighted by atomic mass is 9.86. The lowest BCUT2D eigenvalue weighted by Crippen LogP contribution is -2.47. The van der Waals surface area contributed by atoms with E-state index in [-0.39, 0.29) is 18.2 Å². The Morgan fingerprint density at radius 2 is 1.96 bits per heavy atom. The molecule has 0 aliphatic carbocycles. The van der Waals surface area contributed by atoms with Gasteiger partial charge in [-0.3, -0.25) is 9.69 Å². The number of carbonyl (C=O) groups excluding carboxylic acids is 1. The van der Waals surface area contributed by atoms with E-state index in [0.29, 0.717) is 28.2 Å². The Balaban J connectivity index is 1.68. The van der Waals surface area contributed by atoms with E-state index in [2.05, 4.69) is 11.0 Å². The number of thioether (sulfide) groups is 1. The Morgan fingerprint density at radius 3 is 2.68 bits per heavy atom. The van der Waals surface area contributed by atoms with Crippen molar-refractivity contribution in [3.05, 3.63) is 74.2 Å². The van der Waals surface area contributed by atoms with E-state index in [4.69, 9.17) is 23.2 Å². The molecular formula is C21H17Cl2N3OS. The molecule has 2 aromatic carbocycles. The molecule has 0 spiro atoms. The molecule has 1 amide bonds. The molecule has 4 nitrogen and oxygen atoms in total.